The first-order valence-electron chi connectivity index (χ1n) is 5.22. The molecule has 0 amide bonds. The van der Waals surface area contributed by atoms with E-state index >= 15 is 0 Å². The van der Waals surface area contributed by atoms with Gasteiger partial charge in [0.25, 0.3) is 0 Å². The zero-order chi connectivity index (χ0) is 10.3. The summed E-state index contributed by atoms with van der Waals surface area (Å²) in [5.74, 6) is 1.37. The third-order valence-corrected chi connectivity index (χ3v) is 3.85. The van der Waals surface area contributed by atoms with Gasteiger partial charge in [0.1, 0.15) is 12.9 Å². The van der Waals surface area contributed by atoms with Crippen molar-refractivity contribution in [2.45, 2.75) is 32.8 Å². The molecule has 0 radical (unpaired) electrons. The summed E-state index contributed by atoms with van der Waals surface area (Å²) in [6, 6.07) is 0. The van der Waals surface area contributed by atoms with Crippen LogP contribution in [0.25, 0.3) is 0 Å². The van der Waals surface area contributed by atoms with E-state index < -0.39 is 0 Å². The highest BCUT2D eigenvalue weighted by Crippen LogP contribution is 2.64. The molecule has 0 aromatic heterocycles. The Morgan fingerprint density at radius 1 is 1.50 bits per heavy atom. The van der Waals surface area contributed by atoms with Crippen LogP contribution >= 0.6 is 0 Å². The average molecular weight is 198 g/mol. The summed E-state index contributed by atoms with van der Waals surface area (Å²) >= 11 is 0. The topological polar surface area (TPSA) is 35.5 Å². The number of Topliss-reactive ketones (excluding diaryl/α,β-unsaturated/α-hetero) is 1. The lowest BCUT2D eigenvalue weighted by atomic mass is 9.96. The molecule has 2 fully saturated rings. The van der Waals surface area contributed by atoms with Crippen molar-refractivity contribution in [1.82, 2.24) is 0 Å². The zero-order valence-corrected chi connectivity index (χ0v) is 9.08. The minimum absolute atomic E-state index is 0.205. The molecule has 3 atom stereocenters. The summed E-state index contributed by atoms with van der Waals surface area (Å²) in [5.41, 5.74) is 0.296. The van der Waals surface area contributed by atoms with Gasteiger partial charge in [0.15, 0.2) is 5.78 Å². The number of carbonyl (C=O) groups is 1. The summed E-state index contributed by atoms with van der Waals surface area (Å²) in [6.45, 7) is 4.68. The zero-order valence-electron chi connectivity index (χ0n) is 9.08. The molecule has 0 aromatic carbocycles. The summed E-state index contributed by atoms with van der Waals surface area (Å²) in [6.07, 6.45) is 1.52. The number of rotatable bonds is 3. The molecule has 0 heterocycles. The molecule has 0 N–H and O–H groups in total. The second-order valence-electron chi connectivity index (χ2n) is 4.95. The standard InChI is InChI=1S/C11H18O3/c1-11(2)7-4-5-8(12)10(9(7)11)14-6-13-3/h7,9-10H,4-6H2,1-3H3/t7-,9-,10-/m1/s1. The molecule has 2 rings (SSSR count). The Labute approximate surface area is 84.8 Å². The third-order valence-electron chi connectivity index (χ3n) is 3.85. The molecule has 2 aliphatic carbocycles. The fourth-order valence-corrected chi connectivity index (χ4v) is 2.92. The summed E-state index contributed by atoms with van der Waals surface area (Å²) in [4.78, 5) is 11.6. The van der Waals surface area contributed by atoms with Gasteiger partial charge in [-0.15, -0.1) is 0 Å². The SMILES string of the molecule is COCO[C@@H]1C(=O)CC[C@@H]2[C@H]1C2(C)C. The highest BCUT2D eigenvalue weighted by molar-refractivity contribution is 5.85. The Morgan fingerprint density at radius 2 is 2.21 bits per heavy atom. The van der Waals surface area contributed by atoms with E-state index in [1.807, 2.05) is 0 Å². The van der Waals surface area contributed by atoms with Crippen LogP contribution in [0.15, 0.2) is 0 Å². The van der Waals surface area contributed by atoms with Crippen LogP contribution in [0.3, 0.4) is 0 Å². The monoisotopic (exact) mass is 198 g/mol. The maximum atomic E-state index is 11.6. The fourth-order valence-electron chi connectivity index (χ4n) is 2.92. The Bertz CT molecular complexity index is 247. The van der Waals surface area contributed by atoms with Crippen molar-refractivity contribution in [3.05, 3.63) is 0 Å². The van der Waals surface area contributed by atoms with E-state index in [1.165, 1.54) is 0 Å². The van der Waals surface area contributed by atoms with Crippen LogP contribution in [-0.2, 0) is 14.3 Å². The maximum Gasteiger partial charge on any atom is 0.161 e. The van der Waals surface area contributed by atoms with Crippen molar-refractivity contribution >= 4 is 5.78 Å². The van der Waals surface area contributed by atoms with Crippen LogP contribution in [0.4, 0.5) is 0 Å². The molecule has 0 aliphatic heterocycles. The lowest BCUT2D eigenvalue weighted by Gasteiger charge is -2.20. The number of methoxy groups -OCH3 is 1. The molecule has 3 heteroatoms. The van der Waals surface area contributed by atoms with Gasteiger partial charge in [-0.05, 0) is 17.8 Å². The van der Waals surface area contributed by atoms with Crippen LogP contribution in [0.2, 0.25) is 0 Å². The highest BCUT2D eigenvalue weighted by atomic mass is 16.7. The molecule has 2 aliphatic rings. The minimum atomic E-state index is -0.205. The number of carbonyl (C=O) groups excluding carboxylic acids is 1. The highest BCUT2D eigenvalue weighted by Gasteiger charge is 2.64. The molecule has 0 unspecified atom stereocenters. The Hall–Kier alpha value is -0.410. The van der Waals surface area contributed by atoms with Gasteiger partial charge >= 0.3 is 0 Å². The van der Waals surface area contributed by atoms with Crippen LogP contribution in [0.5, 0.6) is 0 Å². The first-order chi connectivity index (χ1) is 6.59. The molecule has 80 valence electrons. The van der Waals surface area contributed by atoms with Gasteiger partial charge < -0.3 is 9.47 Å². The van der Waals surface area contributed by atoms with Crippen LogP contribution in [-0.4, -0.2) is 25.8 Å². The minimum Gasteiger partial charge on any atom is -0.359 e. The molecule has 0 saturated heterocycles. The van der Waals surface area contributed by atoms with Gasteiger partial charge in [0.05, 0.1) is 0 Å². The molecule has 2 saturated carbocycles. The Morgan fingerprint density at radius 3 is 2.86 bits per heavy atom. The Kier molecular flexibility index (Phi) is 2.40. The van der Waals surface area contributed by atoms with Gasteiger partial charge in [-0.1, -0.05) is 13.8 Å². The van der Waals surface area contributed by atoms with Gasteiger partial charge in [0.2, 0.25) is 0 Å². The maximum absolute atomic E-state index is 11.6. The molecule has 3 nitrogen and oxygen atoms in total. The molecular weight excluding hydrogens is 180 g/mol. The summed E-state index contributed by atoms with van der Waals surface area (Å²) in [5, 5.41) is 0. The number of hydrogen-bond acceptors (Lipinski definition) is 3. The predicted molar refractivity (Wildman–Crippen MR) is 51.8 cm³/mol. The lowest BCUT2D eigenvalue weighted by Crippen LogP contribution is -2.31. The van der Waals surface area contributed by atoms with E-state index in [1.54, 1.807) is 7.11 Å². The normalized spacial score (nSPS) is 39.4. The first kappa shape index (κ1) is 10.1. The first-order valence-corrected chi connectivity index (χ1v) is 5.22. The van der Waals surface area contributed by atoms with Crippen LogP contribution < -0.4 is 0 Å². The fraction of sp³-hybridized carbons (Fsp3) is 0.909. The van der Waals surface area contributed by atoms with E-state index in [-0.39, 0.29) is 18.7 Å². The van der Waals surface area contributed by atoms with Crippen molar-refractivity contribution in [2.24, 2.45) is 17.3 Å². The second-order valence-corrected chi connectivity index (χ2v) is 4.95. The number of hydrogen-bond donors (Lipinski definition) is 0. The van der Waals surface area contributed by atoms with Crippen molar-refractivity contribution in [3.63, 3.8) is 0 Å². The average Bonchev–Trinajstić information content (AvgIpc) is 2.68. The molecule has 0 aromatic rings. The molecule has 14 heavy (non-hydrogen) atoms. The second kappa shape index (κ2) is 3.31. The van der Waals surface area contributed by atoms with E-state index in [0.29, 0.717) is 23.7 Å². The van der Waals surface area contributed by atoms with Crippen LogP contribution in [0, 0.1) is 17.3 Å². The van der Waals surface area contributed by atoms with E-state index in [2.05, 4.69) is 13.8 Å². The van der Waals surface area contributed by atoms with E-state index in [9.17, 15) is 4.79 Å². The van der Waals surface area contributed by atoms with Gasteiger partial charge in [-0.25, -0.2) is 0 Å². The smallest absolute Gasteiger partial charge is 0.161 e. The van der Waals surface area contributed by atoms with E-state index in [4.69, 9.17) is 9.47 Å². The van der Waals surface area contributed by atoms with Gasteiger partial charge in [-0.2, -0.15) is 0 Å². The third kappa shape index (κ3) is 1.39. The number of ether oxygens (including phenoxy) is 2. The van der Waals surface area contributed by atoms with Crippen molar-refractivity contribution in [1.29, 1.82) is 0 Å². The van der Waals surface area contributed by atoms with Crippen molar-refractivity contribution in [2.75, 3.05) is 13.9 Å². The summed E-state index contributed by atoms with van der Waals surface area (Å²) in [7, 11) is 1.59. The van der Waals surface area contributed by atoms with Gasteiger partial charge in [-0.3, -0.25) is 4.79 Å². The van der Waals surface area contributed by atoms with Crippen molar-refractivity contribution in [3.8, 4) is 0 Å². The predicted octanol–water partition coefficient (Wildman–Crippen LogP) is 1.61. The van der Waals surface area contributed by atoms with Crippen LogP contribution in [0.1, 0.15) is 26.7 Å². The largest absolute Gasteiger partial charge is 0.359 e. The van der Waals surface area contributed by atoms with Crippen molar-refractivity contribution < 1.29 is 14.3 Å². The quantitative estimate of drug-likeness (QED) is 0.646. The number of ketones is 1. The summed E-state index contributed by atoms with van der Waals surface area (Å²) < 4.78 is 10.3. The lowest BCUT2D eigenvalue weighted by molar-refractivity contribution is -0.145. The molecule has 0 spiro atoms. The molecular formula is C11H18O3. The number of fused-ring (bicyclic) bond motifs is 1. The van der Waals surface area contributed by atoms with Gasteiger partial charge in [0, 0.05) is 19.4 Å². The Balaban J connectivity index is 2.02. The molecule has 0 bridgehead atoms. The van der Waals surface area contributed by atoms with E-state index in [0.717, 1.165) is 6.42 Å².